The first-order valence-corrected chi connectivity index (χ1v) is 13.2. The fourth-order valence-corrected chi connectivity index (χ4v) is 4.89. The number of carbonyl (C=O) groups excluding carboxylic acids is 2. The molecule has 0 radical (unpaired) electrons. The lowest BCUT2D eigenvalue weighted by atomic mass is 10.2. The zero-order valence-electron chi connectivity index (χ0n) is 20.8. The van der Waals surface area contributed by atoms with Gasteiger partial charge in [0.1, 0.15) is 18.1 Å². The summed E-state index contributed by atoms with van der Waals surface area (Å²) >= 11 is 0. The number of carbonyl (C=O) groups is 2. The summed E-state index contributed by atoms with van der Waals surface area (Å²) in [6.07, 6.45) is 1.36. The number of esters is 1. The summed E-state index contributed by atoms with van der Waals surface area (Å²) in [6.45, 7) is 1.23. The van der Waals surface area contributed by atoms with Crippen molar-refractivity contribution in [1.82, 2.24) is 5.43 Å². The first kappa shape index (κ1) is 27.2. The van der Waals surface area contributed by atoms with E-state index in [-0.39, 0.29) is 10.6 Å². The maximum Gasteiger partial charge on any atom is 0.343 e. The highest BCUT2D eigenvalue weighted by Gasteiger charge is 2.27. The van der Waals surface area contributed by atoms with Crippen LogP contribution in [0.4, 0.5) is 10.1 Å². The van der Waals surface area contributed by atoms with Crippen molar-refractivity contribution >= 4 is 33.8 Å². The normalized spacial score (nSPS) is 11.2. The second-order valence-electron chi connectivity index (χ2n) is 8.42. The van der Waals surface area contributed by atoms with Gasteiger partial charge in [0.2, 0.25) is 0 Å². The van der Waals surface area contributed by atoms with Crippen LogP contribution in [0.25, 0.3) is 0 Å². The van der Waals surface area contributed by atoms with Crippen molar-refractivity contribution in [2.24, 2.45) is 5.10 Å². The van der Waals surface area contributed by atoms with Crippen LogP contribution < -0.4 is 14.5 Å². The number of nitrogens with zero attached hydrogens (tertiary/aromatic N) is 2. The summed E-state index contributed by atoms with van der Waals surface area (Å²) in [5.41, 5.74) is 4.32. The Labute approximate surface area is 225 Å². The number of hydrazone groups is 1. The lowest BCUT2D eigenvalue weighted by Crippen LogP contribution is -2.39. The molecule has 1 amide bonds. The van der Waals surface area contributed by atoms with Crippen LogP contribution in [0.15, 0.2) is 113 Å². The van der Waals surface area contributed by atoms with Gasteiger partial charge in [0.25, 0.3) is 15.9 Å². The summed E-state index contributed by atoms with van der Waals surface area (Å²) in [7, 11) is -4.13. The van der Waals surface area contributed by atoms with Gasteiger partial charge in [-0.25, -0.2) is 23.0 Å². The number of halogens is 1. The maximum absolute atomic E-state index is 13.5. The molecule has 0 unspecified atom stereocenters. The monoisotopic (exact) mass is 545 g/mol. The van der Waals surface area contributed by atoms with Gasteiger partial charge in [0.15, 0.2) is 0 Å². The van der Waals surface area contributed by atoms with Crippen molar-refractivity contribution < 1.29 is 27.1 Å². The molecule has 198 valence electrons. The van der Waals surface area contributed by atoms with Gasteiger partial charge in [0, 0.05) is 0 Å². The largest absolute Gasteiger partial charge is 0.423 e. The van der Waals surface area contributed by atoms with Gasteiger partial charge in [-0.1, -0.05) is 35.9 Å². The summed E-state index contributed by atoms with van der Waals surface area (Å²) in [5, 5.41) is 3.89. The molecule has 0 heterocycles. The molecule has 0 spiro atoms. The minimum atomic E-state index is -4.13. The van der Waals surface area contributed by atoms with E-state index in [2.05, 4.69) is 10.5 Å². The van der Waals surface area contributed by atoms with Crippen LogP contribution in [0.5, 0.6) is 5.75 Å². The number of anilines is 1. The van der Waals surface area contributed by atoms with Crippen molar-refractivity contribution in [3.8, 4) is 5.75 Å². The summed E-state index contributed by atoms with van der Waals surface area (Å²) in [5.74, 6) is -1.40. The molecule has 0 bridgehead atoms. The zero-order chi connectivity index (χ0) is 27.8. The Bertz CT molecular complexity index is 1570. The predicted molar refractivity (Wildman–Crippen MR) is 146 cm³/mol. The smallest absolute Gasteiger partial charge is 0.343 e. The summed E-state index contributed by atoms with van der Waals surface area (Å²) in [6, 6.07) is 26.0. The van der Waals surface area contributed by atoms with Crippen molar-refractivity contribution in [2.75, 3.05) is 10.8 Å². The van der Waals surface area contributed by atoms with E-state index in [0.717, 1.165) is 22.0 Å². The van der Waals surface area contributed by atoms with Crippen molar-refractivity contribution in [2.45, 2.75) is 11.8 Å². The van der Waals surface area contributed by atoms with E-state index in [0.29, 0.717) is 16.9 Å². The van der Waals surface area contributed by atoms with Crippen molar-refractivity contribution in [1.29, 1.82) is 0 Å². The van der Waals surface area contributed by atoms with Crippen LogP contribution in [-0.4, -0.2) is 33.1 Å². The van der Waals surface area contributed by atoms with Gasteiger partial charge in [0.05, 0.1) is 22.4 Å². The fourth-order valence-electron chi connectivity index (χ4n) is 3.47. The molecule has 10 heteroatoms. The van der Waals surface area contributed by atoms with E-state index in [9.17, 15) is 22.4 Å². The minimum Gasteiger partial charge on any atom is -0.423 e. The van der Waals surface area contributed by atoms with Gasteiger partial charge in [-0.2, -0.15) is 5.10 Å². The Kier molecular flexibility index (Phi) is 8.47. The molecule has 1 N–H and O–H groups in total. The number of aryl methyl sites for hydroxylation is 1. The lowest BCUT2D eigenvalue weighted by molar-refractivity contribution is -0.119. The second kappa shape index (κ2) is 12.1. The highest BCUT2D eigenvalue weighted by atomic mass is 32.2. The molecule has 0 atom stereocenters. The van der Waals surface area contributed by atoms with Crippen LogP contribution in [0.3, 0.4) is 0 Å². The van der Waals surface area contributed by atoms with Crippen LogP contribution >= 0.6 is 0 Å². The molecule has 0 aromatic heterocycles. The SMILES string of the molecule is Cc1ccc(S(=O)(=O)N(CC(=O)N/N=C\c2ccc(OC(=O)c3ccccc3)cc2)c2ccc(F)cc2)cc1. The van der Waals surface area contributed by atoms with Crippen LogP contribution in [-0.2, 0) is 14.8 Å². The van der Waals surface area contributed by atoms with Gasteiger partial charge in [-0.05, 0) is 85.3 Å². The minimum absolute atomic E-state index is 0.0122. The third-order valence-electron chi connectivity index (χ3n) is 5.51. The molecule has 4 aromatic rings. The molecule has 0 saturated carbocycles. The van der Waals surface area contributed by atoms with Gasteiger partial charge in [-0.3, -0.25) is 9.10 Å². The zero-order valence-corrected chi connectivity index (χ0v) is 21.6. The van der Waals surface area contributed by atoms with E-state index >= 15 is 0 Å². The molecule has 0 aliphatic carbocycles. The van der Waals surface area contributed by atoms with Crippen molar-refractivity contribution in [3.63, 3.8) is 0 Å². The number of sulfonamides is 1. The Hall–Kier alpha value is -4.83. The number of rotatable bonds is 9. The first-order chi connectivity index (χ1) is 18.7. The topological polar surface area (TPSA) is 105 Å². The highest BCUT2D eigenvalue weighted by Crippen LogP contribution is 2.24. The fraction of sp³-hybridized carbons (Fsp3) is 0.0690. The number of nitrogens with one attached hydrogen (secondary N) is 1. The standard InChI is InChI=1S/C29H24FN3O5S/c1-21-7-17-27(18-8-21)39(36,37)33(25-13-11-24(30)12-14-25)20-28(34)32-31-19-22-9-15-26(16-10-22)38-29(35)23-5-3-2-4-6-23/h2-19H,20H2,1H3,(H,32,34)/b31-19-. The van der Waals surface area contributed by atoms with E-state index in [1.54, 1.807) is 66.7 Å². The average molecular weight is 546 g/mol. The second-order valence-corrected chi connectivity index (χ2v) is 10.3. The Morgan fingerprint density at radius 3 is 2.18 bits per heavy atom. The predicted octanol–water partition coefficient (Wildman–Crippen LogP) is 4.70. The van der Waals surface area contributed by atoms with Crippen LogP contribution in [0, 0.1) is 12.7 Å². The van der Waals surface area contributed by atoms with Gasteiger partial charge >= 0.3 is 5.97 Å². The molecule has 8 nitrogen and oxygen atoms in total. The Morgan fingerprint density at radius 1 is 0.897 bits per heavy atom. The molecular formula is C29H24FN3O5S. The summed E-state index contributed by atoms with van der Waals surface area (Å²) in [4.78, 5) is 24.8. The lowest BCUT2D eigenvalue weighted by Gasteiger charge is -2.23. The first-order valence-electron chi connectivity index (χ1n) is 11.8. The third kappa shape index (κ3) is 7.14. The highest BCUT2D eigenvalue weighted by molar-refractivity contribution is 7.92. The Balaban J connectivity index is 1.42. The molecule has 4 aromatic carbocycles. The molecule has 0 saturated heterocycles. The van der Waals surface area contributed by atoms with E-state index in [1.165, 1.54) is 30.5 Å². The summed E-state index contributed by atoms with van der Waals surface area (Å²) < 4.78 is 46.4. The number of ether oxygens (including phenoxy) is 1. The molecule has 4 rings (SSSR count). The van der Waals surface area contributed by atoms with Crippen molar-refractivity contribution in [3.05, 3.63) is 126 Å². The molecule has 0 aliphatic rings. The van der Waals surface area contributed by atoms with E-state index in [1.807, 2.05) is 6.92 Å². The number of hydrogen-bond acceptors (Lipinski definition) is 6. The van der Waals surface area contributed by atoms with Crippen LogP contribution in [0.2, 0.25) is 0 Å². The van der Waals surface area contributed by atoms with Gasteiger partial charge < -0.3 is 4.74 Å². The third-order valence-corrected chi connectivity index (χ3v) is 7.30. The number of hydrogen-bond donors (Lipinski definition) is 1. The average Bonchev–Trinajstić information content (AvgIpc) is 2.94. The van der Waals surface area contributed by atoms with E-state index < -0.39 is 34.3 Å². The quantitative estimate of drug-likeness (QED) is 0.142. The van der Waals surface area contributed by atoms with Gasteiger partial charge in [-0.15, -0.1) is 0 Å². The Morgan fingerprint density at radius 2 is 1.54 bits per heavy atom. The maximum atomic E-state index is 13.5. The van der Waals surface area contributed by atoms with Crippen LogP contribution in [0.1, 0.15) is 21.5 Å². The molecular weight excluding hydrogens is 521 g/mol. The number of benzene rings is 4. The van der Waals surface area contributed by atoms with E-state index in [4.69, 9.17) is 4.74 Å². The molecule has 0 fully saturated rings. The molecule has 0 aliphatic heterocycles. The number of amides is 1. The molecule has 39 heavy (non-hydrogen) atoms.